The zero-order chi connectivity index (χ0) is 20.5. The van der Waals surface area contributed by atoms with Crippen LogP contribution in [-0.2, 0) is 14.6 Å². The quantitative estimate of drug-likeness (QED) is 0.533. The summed E-state index contributed by atoms with van der Waals surface area (Å²) in [5, 5.41) is 0. The number of hydrogen-bond donors (Lipinski definition) is 2. The van der Waals surface area contributed by atoms with Crippen LogP contribution in [0.25, 0.3) is 0 Å². The maximum Gasteiger partial charge on any atom is 0.280 e. The van der Waals surface area contributed by atoms with E-state index in [-0.39, 0.29) is 28.4 Å². The fraction of sp³-hybridized carbons (Fsp3) is 0.500. The minimum atomic E-state index is -3.57. The fourth-order valence-electron chi connectivity index (χ4n) is 3.86. The van der Waals surface area contributed by atoms with E-state index in [1.54, 1.807) is 6.07 Å². The molecule has 2 aliphatic heterocycles. The number of amides is 2. The van der Waals surface area contributed by atoms with Crippen molar-refractivity contribution >= 4 is 33.3 Å². The number of benzene rings is 1. The largest absolute Gasteiger partial charge is 0.370 e. The van der Waals surface area contributed by atoms with Gasteiger partial charge in [-0.25, -0.2) is 8.42 Å². The van der Waals surface area contributed by atoms with Crippen LogP contribution < -0.4 is 16.4 Å². The van der Waals surface area contributed by atoms with Gasteiger partial charge in [-0.2, -0.15) is 4.99 Å². The Hall–Kier alpha value is -2.62. The highest BCUT2D eigenvalue weighted by atomic mass is 32.2. The molecule has 0 aliphatic carbocycles. The zero-order valence-corrected chi connectivity index (χ0v) is 16.6. The van der Waals surface area contributed by atoms with Gasteiger partial charge in [0, 0.05) is 43.9 Å². The number of nitrogens with zero attached hydrogens (tertiary/aromatic N) is 3. The molecule has 1 aromatic carbocycles. The molecule has 10 heteroatoms. The molecule has 28 heavy (non-hydrogen) atoms. The molecule has 2 aliphatic rings. The number of nitrogens with two attached hydrogens (primary N) is 2. The van der Waals surface area contributed by atoms with Gasteiger partial charge in [-0.05, 0) is 37.5 Å². The molecule has 2 heterocycles. The molecule has 2 saturated heterocycles. The number of sulfone groups is 1. The molecular formula is C18H25N5O4S. The Labute approximate surface area is 164 Å². The van der Waals surface area contributed by atoms with Gasteiger partial charge < -0.3 is 21.3 Å². The summed E-state index contributed by atoms with van der Waals surface area (Å²) >= 11 is 0. The van der Waals surface area contributed by atoms with Gasteiger partial charge in [0.2, 0.25) is 5.91 Å². The molecule has 0 bridgehead atoms. The van der Waals surface area contributed by atoms with Gasteiger partial charge in [0.25, 0.3) is 5.91 Å². The Balaban J connectivity index is 1.83. The Kier molecular flexibility index (Phi) is 5.59. The summed E-state index contributed by atoms with van der Waals surface area (Å²) in [6.45, 7) is 2.08. The number of piperidine rings is 1. The van der Waals surface area contributed by atoms with Gasteiger partial charge in [0.05, 0.1) is 10.6 Å². The lowest BCUT2D eigenvalue weighted by molar-refractivity contribution is -0.130. The minimum absolute atomic E-state index is 0.0693. The molecule has 0 spiro atoms. The van der Waals surface area contributed by atoms with Gasteiger partial charge in [0.15, 0.2) is 15.8 Å². The average Bonchev–Trinajstić information content (AvgIpc) is 3.06. The molecule has 4 N–H and O–H groups in total. The van der Waals surface area contributed by atoms with E-state index in [1.807, 2.05) is 9.80 Å². The molecule has 0 atom stereocenters. The van der Waals surface area contributed by atoms with Gasteiger partial charge in [-0.15, -0.1) is 0 Å². The minimum Gasteiger partial charge on any atom is -0.370 e. The molecule has 0 saturated carbocycles. The first kappa shape index (κ1) is 20.1. The van der Waals surface area contributed by atoms with Crippen molar-refractivity contribution in [1.82, 2.24) is 4.90 Å². The highest BCUT2D eigenvalue weighted by Gasteiger charge is 2.32. The SMILES string of the molecule is CS(=O)(=O)c1cc(C(=O)N=C(N)N)ccc1N1CCC(N2CCCC2=O)CC1. The van der Waals surface area contributed by atoms with E-state index in [4.69, 9.17) is 11.5 Å². The number of anilines is 1. The average molecular weight is 407 g/mol. The molecule has 3 rings (SSSR count). The van der Waals surface area contributed by atoms with Gasteiger partial charge >= 0.3 is 0 Å². The molecule has 152 valence electrons. The van der Waals surface area contributed by atoms with Crippen LogP contribution in [0.3, 0.4) is 0 Å². The van der Waals surface area contributed by atoms with Gasteiger partial charge in [0.1, 0.15) is 0 Å². The van der Waals surface area contributed by atoms with E-state index in [1.165, 1.54) is 12.1 Å². The first-order valence-electron chi connectivity index (χ1n) is 9.19. The number of guanidine groups is 1. The van der Waals surface area contributed by atoms with Crippen molar-refractivity contribution in [3.63, 3.8) is 0 Å². The first-order valence-corrected chi connectivity index (χ1v) is 11.1. The zero-order valence-electron chi connectivity index (χ0n) is 15.8. The molecule has 1 aromatic rings. The monoisotopic (exact) mass is 407 g/mol. The second-order valence-electron chi connectivity index (χ2n) is 7.21. The van der Waals surface area contributed by atoms with Crippen LogP contribution in [0.5, 0.6) is 0 Å². The second kappa shape index (κ2) is 7.78. The number of hydrogen-bond acceptors (Lipinski definition) is 5. The van der Waals surface area contributed by atoms with Crippen molar-refractivity contribution < 1.29 is 18.0 Å². The van der Waals surface area contributed by atoms with Crippen molar-refractivity contribution in [3.05, 3.63) is 23.8 Å². The molecule has 2 amide bonds. The van der Waals surface area contributed by atoms with E-state index in [2.05, 4.69) is 4.99 Å². The van der Waals surface area contributed by atoms with Crippen LogP contribution >= 0.6 is 0 Å². The molecule has 0 unspecified atom stereocenters. The van der Waals surface area contributed by atoms with Crippen molar-refractivity contribution in [3.8, 4) is 0 Å². The summed E-state index contributed by atoms with van der Waals surface area (Å²) in [5.74, 6) is -0.867. The van der Waals surface area contributed by atoms with Gasteiger partial charge in [-0.3, -0.25) is 9.59 Å². The topological polar surface area (TPSA) is 139 Å². The van der Waals surface area contributed by atoms with Crippen LogP contribution in [0, 0.1) is 0 Å². The maximum atomic E-state index is 12.3. The molecule has 0 radical (unpaired) electrons. The first-order chi connectivity index (χ1) is 13.2. The molecule has 2 fully saturated rings. The van der Waals surface area contributed by atoms with Crippen LogP contribution in [0.15, 0.2) is 28.1 Å². The van der Waals surface area contributed by atoms with Crippen LogP contribution in [-0.4, -0.2) is 63.0 Å². The molecule has 0 aromatic heterocycles. The highest BCUT2D eigenvalue weighted by Crippen LogP contribution is 2.31. The van der Waals surface area contributed by atoms with E-state index in [9.17, 15) is 18.0 Å². The standard InChI is InChI=1S/C18H25N5O4S/c1-28(26,27)15-11-12(17(25)21-18(19)20)4-5-14(15)22-9-6-13(7-10-22)23-8-2-3-16(23)24/h4-5,11,13H,2-3,6-10H2,1H3,(H4,19,20,21,25). The summed E-state index contributed by atoms with van der Waals surface area (Å²) in [5.41, 5.74) is 11.1. The Morgan fingerprint density at radius 1 is 1.18 bits per heavy atom. The van der Waals surface area contributed by atoms with Gasteiger partial charge in [-0.1, -0.05) is 0 Å². The van der Waals surface area contributed by atoms with Crippen molar-refractivity contribution in [1.29, 1.82) is 0 Å². The summed E-state index contributed by atoms with van der Waals surface area (Å²) in [6, 6.07) is 4.66. The Morgan fingerprint density at radius 2 is 1.86 bits per heavy atom. The third-order valence-electron chi connectivity index (χ3n) is 5.19. The summed E-state index contributed by atoms with van der Waals surface area (Å²) in [4.78, 5) is 31.5. The van der Waals surface area contributed by atoms with Crippen LogP contribution in [0.4, 0.5) is 5.69 Å². The fourth-order valence-corrected chi connectivity index (χ4v) is 4.78. The number of aliphatic imine (C=N–C) groups is 1. The lowest BCUT2D eigenvalue weighted by Crippen LogP contribution is -2.45. The van der Waals surface area contributed by atoms with Crippen LogP contribution in [0.1, 0.15) is 36.0 Å². The highest BCUT2D eigenvalue weighted by molar-refractivity contribution is 7.90. The summed E-state index contributed by atoms with van der Waals surface area (Å²) < 4.78 is 24.7. The second-order valence-corrected chi connectivity index (χ2v) is 9.19. The van der Waals surface area contributed by atoms with E-state index in [0.717, 1.165) is 32.1 Å². The number of rotatable bonds is 4. The predicted octanol–water partition coefficient (Wildman–Crippen LogP) is 0.0949. The Morgan fingerprint density at radius 3 is 2.39 bits per heavy atom. The maximum absolute atomic E-state index is 12.3. The van der Waals surface area contributed by atoms with Crippen molar-refractivity contribution in [2.75, 3.05) is 30.8 Å². The molecular weight excluding hydrogens is 382 g/mol. The Bertz CT molecular complexity index is 916. The summed E-state index contributed by atoms with van der Waals surface area (Å²) in [6.07, 6.45) is 4.19. The summed E-state index contributed by atoms with van der Waals surface area (Å²) in [7, 11) is -3.57. The predicted molar refractivity (Wildman–Crippen MR) is 106 cm³/mol. The lowest BCUT2D eigenvalue weighted by atomic mass is 10.0. The van der Waals surface area contributed by atoms with Crippen LogP contribution in [0.2, 0.25) is 0 Å². The lowest BCUT2D eigenvalue weighted by Gasteiger charge is -2.38. The molecule has 9 nitrogen and oxygen atoms in total. The number of likely N-dealkylation sites (tertiary alicyclic amines) is 1. The van der Waals surface area contributed by atoms with E-state index in [0.29, 0.717) is 25.2 Å². The number of carbonyl (C=O) groups excluding carboxylic acids is 2. The van der Waals surface area contributed by atoms with E-state index >= 15 is 0 Å². The third kappa shape index (κ3) is 4.27. The third-order valence-corrected chi connectivity index (χ3v) is 6.32. The van der Waals surface area contributed by atoms with Crippen molar-refractivity contribution in [2.45, 2.75) is 36.6 Å². The van der Waals surface area contributed by atoms with Crippen molar-refractivity contribution in [2.24, 2.45) is 16.5 Å². The number of carbonyl (C=O) groups is 2. The smallest absolute Gasteiger partial charge is 0.280 e. The van der Waals surface area contributed by atoms with E-state index < -0.39 is 15.7 Å². The normalized spacial score (nSPS) is 18.4.